The number of sulfonamides is 1. The molecule has 1 heterocycles. The minimum absolute atomic E-state index is 0.00386. The van der Waals surface area contributed by atoms with Crippen LogP contribution < -0.4 is 4.72 Å². The van der Waals surface area contributed by atoms with Crippen molar-refractivity contribution < 1.29 is 18.0 Å². The van der Waals surface area contributed by atoms with E-state index in [1.165, 1.54) is 19.1 Å². The monoisotopic (exact) mass is 339 g/mol. The zero-order valence-electron chi connectivity index (χ0n) is 13.3. The average Bonchev–Trinajstić information content (AvgIpc) is 2.54. The molecule has 0 spiro atoms. The van der Waals surface area contributed by atoms with Gasteiger partial charge >= 0.3 is 0 Å². The predicted molar refractivity (Wildman–Crippen MR) is 85.5 cm³/mol. The Morgan fingerprint density at radius 3 is 2.30 bits per heavy atom. The molecule has 1 N–H and O–H groups in total. The number of benzene rings is 1. The van der Waals surface area contributed by atoms with Crippen LogP contribution in [0.1, 0.15) is 24.2 Å². The number of amides is 2. The van der Waals surface area contributed by atoms with Crippen molar-refractivity contribution >= 4 is 21.8 Å². The normalized spacial score (nSPS) is 15.6. The Morgan fingerprint density at radius 1 is 1.13 bits per heavy atom. The van der Waals surface area contributed by atoms with Crippen LogP contribution in [0.3, 0.4) is 0 Å². The predicted octanol–water partition coefficient (Wildman–Crippen LogP) is 0.289. The first-order valence-electron chi connectivity index (χ1n) is 7.49. The maximum atomic E-state index is 12.5. The van der Waals surface area contributed by atoms with Crippen molar-refractivity contribution in [1.82, 2.24) is 14.5 Å². The molecule has 2 rings (SSSR count). The van der Waals surface area contributed by atoms with Gasteiger partial charge < -0.3 is 9.80 Å². The van der Waals surface area contributed by atoms with Crippen molar-refractivity contribution in [2.45, 2.75) is 18.7 Å². The summed E-state index contributed by atoms with van der Waals surface area (Å²) in [5, 5.41) is 0. The van der Waals surface area contributed by atoms with E-state index < -0.39 is 10.0 Å². The first-order valence-corrected chi connectivity index (χ1v) is 8.98. The van der Waals surface area contributed by atoms with Crippen molar-refractivity contribution in [3.63, 3.8) is 0 Å². The largest absolute Gasteiger partial charge is 0.339 e. The summed E-state index contributed by atoms with van der Waals surface area (Å²) in [5.74, 6) is -0.224. The molecular formula is C15H21N3O4S. The maximum Gasteiger partial charge on any atom is 0.254 e. The molecule has 0 radical (unpaired) electrons. The van der Waals surface area contributed by atoms with Crippen LogP contribution >= 0.6 is 0 Å². The SMILES string of the molecule is CCNS(=O)(=O)c1cccc(C(=O)N2CCN(C(C)=O)CC2)c1. The molecule has 1 aliphatic rings. The Kier molecular flexibility index (Phi) is 5.38. The first kappa shape index (κ1) is 17.4. The molecule has 0 unspecified atom stereocenters. The molecule has 7 nitrogen and oxygen atoms in total. The van der Waals surface area contributed by atoms with Crippen molar-refractivity contribution in [2.24, 2.45) is 0 Å². The highest BCUT2D eigenvalue weighted by atomic mass is 32.2. The lowest BCUT2D eigenvalue weighted by Gasteiger charge is -2.34. The zero-order chi connectivity index (χ0) is 17.0. The topological polar surface area (TPSA) is 86.8 Å². The second-order valence-electron chi connectivity index (χ2n) is 5.33. The molecule has 1 aromatic rings. The maximum absolute atomic E-state index is 12.5. The number of rotatable bonds is 4. The first-order chi connectivity index (χ1) is 10.8. The molecule has 2 amide bonds. The Labute approximate surface area is 136 Å². The van der Waals surface area contributed by atoms with E-state index in [-0.39, 0.29) is 23.3 Å². The number of carbonyl (C=O) groups is 2. The second-order valence-corrected chi connectivity index (χ2v) is 7.09. The van der Waals surface area contributed by atoms with Gasteiger partial charge in [0.05, 0.1) is 4.90 Å². The summed E-state index contributed by atoms with van der Waals surface area (Å²) in [4.78, 5) is 27.2. The summed E-state index contributed by atoms with van der Waals surface area (Å²) in [6.45, 7) is 5.37. The highest BCUT2D eigenvalue weighted by Gasteiger charge is 2.24. The van der Waals surface area contributed by atoms with Crippen molar-refractivity contribution in [3.05, 3.63) is 29.8 Å². The lowest BCUT2D eigenvalue weighted by atomic mass is 10.2. The number of hydrogen-bond donors (Lipinski definition) is 1. The van der Waals surface area contributed by atoms with Gasteiger partial charge in [-0.1, -0.05) is 13.0 Å². The Balaban J connectivity index is 2.14. The van der Waals surface area contributed by atoms with E-state index in [4.69, 9.17) is 0 Å². The van der Waals surface area contributed by atoms with Crippen LogP contribution in [0.4, 0.5) is 0 Å². The van der Waals surface area contributed by atoms with Crippen LogP contribution in [0.15, 0.2) is 29.2 Å². The molecule has 0 bridgehead atoms. The Bertz CT molecular complexity index is 694. The van der Waals surface area contributed by atoms with Gasteiger partial charge in [-0.25, -0.2) is 13.1 Å². The van der Waals surface area contributed by atoms with Gasteiger partial charge in [0.15, 0.2) is 0 Å². The van der Waals surface area contributed by atoms with Gasteiger partial charge in [0.1, 0.15) is 0 Å². The summed E-state index contributed by atoms with van der Waals surface area (Å²) in [5.41, 5.74) is 0.334. The fourth-order valence-electron chi connectivity index (χ4n) is 2.48. The van der Waals surface area contributed by atoms with Crippen molar-refractivity contribution in [2.75, 3.05) is 32.7 Å². The lowest BCUT2D eigenvalue weighted by molar-refractivity contribution is -0.130. The third-order valence-electron chi connectivity index (χ3n) is 3.74. The fourth-order valence-corrected chi connectivity index (χ4v) is 3.56. The third-order valence-corrected chi connectivity index (χ3v) is 5.28. The van der Waals surface area contributed by atoms with E-state index in [0.29, 0.717) is 31.7 Å². The van der Waals surface area contributed by atoms with Gasteiger partial charge in [0.2, 0.25) is 15.9 Å². The number of carbonyl (C=O) groups excluding carboxylic acids is 2. The lowest BCUT2D eigenvalue weighted by Crippen LogP contribution is -2.50. The minimum Gasteiger partial charge on any atom is -0.339 e. The highest BCUT2D eigenvalue weighted by molar-refractivity contribution is 7.89. The molecule has 0 aromatic heterocycles. The van der Waals surface area contributed by atoms with E-state index >= 15 is 0 Å². The third kappa shape index (κ3) is 4.08. The Morgan fingerprint density at radius 2 is 1.74 bits per heavy atom. The molecule has 1 aromatic carbocycles. The van der Waals surface area contributed by atoms with Gasteiger partial charge in [0.25, 0.3) is 5.91 Å². The molecule has 8 heteroatoms. The van der Waals surface area contributed by atoms with Crippen LogP contribution in [0.2, 0.25) is 0 Å². The van der Waals surface area contributed by atoms with Crippen molar-refractivity contribution in [1.29, 1.82) is 0 Å². The van der Waals surface area contributed by atoms with Crippen LogP contribution in [0.5, 0.6) is 0 Å². The quantitative estimate of drug-likeness (QED) is 0.854. The average molecular weight is 339 g/mol. The molecule has 126 valence electrons. The molecule has 1 saturated heterocycles. The Hall–Kier alpha value is -1.93. The van der Waals surface area contributed by atoms with Crippen LogP contribution in [0.25, 0.3) is 0 Å². The fraction of sp³-hybridized carbons (Fsp3) is 0.467. The van der Waals surface area contributed by atoms with Gasteiger partial charge in [-0.3, -0.25) is 9.59 Å². The molecule has 23 heavy (non-hydrogen) atoms. The number of nitrogens with zero attached hydrogens (tertiary/aromatic N) is 2. The number of piperazine rings is 1. The summed E-state index contributed by atoms with van der Waals surface area (Å²) >= 11 is 0. The minimum atomic E-state index is -3.59. The number of nitrogens with one attached hydrogen (secondary N) is 1. The molecule has 1 aliphatic heterocycles. The zero-order valence-corrected chi connectivity index (χ0v) is 14.1. The van der Waals surface area contributed by atoms with Crippen LogP contribution in [-0.2, 0) is 14.8 Å². The van der Waals surface area contributed by atoms with E-state index in [2.05, 4.69) is 4.72 Å². The summed E-state index contributed by atoms with van der Waals surface area (Å²) in [6.07, 6.45) is 0. The second kappa shape index (κ2) is 7.10. The summed E-state index contributed by atoms with van der Waals surface area (Å²) in [6, 6.07) is 6.01. The van der Waals surface area contributed by atoms with E-state index in [1.54, 1.807) is 28.9 Å². The standard InChI is InChI=1S/C15H21N3O4S/c1-3-16-23(21,22)14-6-4-5-13(11-14)15(20)18-9-7-17(8-10-18)12(2)19/h4-6,11,16H,3,7-10H2,1-2H3. The van der Waals surface area contributed by atoms with Gasteiger partial charge in [-0.15, -0.1) is 0 Å². The molecular weight excluding hydrogens is 318 g/mol. The number of hydrogen-bond acceptors (Lipinski definition) is 4. The van der Waals surface area contributed by atoms with Gasteiger partial charge in [-0.2, -0.15) is 0 Å². The van der Waals surface area contributed by atoms with Crippen LogP contribution in [0, 0.1) is 0 Å². The van der Waals surface area contributed by atoms with E-state index in [9.17, 15) is 18.0 Å². The molecule has 0 saturated carbocycles. The van der Waals surface area contributed by atoms with E-state index in [0.717, 1.165) is 0 Å². The van der Waals surface area contributed by atoms with Crippen molar-refractivity contribution in [3.8, 4) is 0 Å². The molecule has 0 aliphatic carbocycles. The van der Waals surface area contributed by atoms with E-state index in [1.807, 2.05) is 0 Å². The highest BCUT2D eigenvalue weighted by Crippen LogP contribution is 2.14. The molecule has 0 atom stereocenters. The van der Waals surface area contributed by atoms with Gasteiger partial charge in [0, 0.05) is 45.2 Å². The van der Waals surface area contributed by atoms with Gasteiger partial charge in [-0.05, 0) is 18.2 Å². The molecule has 1 fully saturated rings. The van der Waals surface area contributed by atoms with Crippen LogP contribution in [-0.4, -0.2) is 62.8 Å². The summed E-state index contributed by atoms with van der Waals surface area (Å²) < 4.78 is 26.4. The summed E-state index contributed by atoms with van der Waals surface area (Å²) in [7, 11) is -3.59. The smallest absolute Gasteiger partial charge is 0.254 e.